The Bertz CT molecular complexity index is 1000. The molecule has 160 valence electrons. The molecule has 5 heteroatoms. The average molecular weight is 418 g/mol. The summed E-state index contributed by atoms with van der Waals surface area (Å²) in [7, 11) is 0. The molecule has 3 aromatic rings. The normalized spacial score (nSPS) is 13.4. The molecule has 0 bridgehead atoms. The third kappa shape index (κ3) is 4.72. The first-order valence-electron chi connectivity index (χ1n) is 10.6. The Balaban J connectivity index is 1.32. The van der Waals surface area contributed by atoms with E-state index >= 15 is 0 Å². The maximum absolute atomic E-state index is 12.3. The molecule has 2 N–H and O–H groups in total. The topological polar surface area (TPSA) is 67.8 Å². The van der Waals surface area contributed by atoms with Crippen LogP contribution in [0.1, 0.15) is 42.6 Å². The van der Waals surface area contributed by atoms with Gasteiger partial charge in [0, 0.05) is 5.92 Å². The molecule has 4 rings (SSSR count). The Morgan fingerprint density at radius 3 is 2.10 bits per heavy atom. The molecule has 1 aliphatic carbocycles. The van der Waals surface area contributed by atoms with E-state index in [1.54, 1.807) is 12.1 Å². The van der Waals surface area contributed by atoms with Crippen LogP contribution in [0.5, 0.6) is 5.75 Å². The molecule has 1 amide bonds. The fourth-order valence-electron chi connectivity index (χ4n) is 3.99. The van der Waals surface area contributed by atoms with Crippen molar-refractivity contribution in [1.29, 1.82) is 0 Å². The molecular formula is C26H27NO4. The number of carbonyl (C=O) groups excluding carboxylic acids is 1. The van der Waals surface area contributed by atoms with Crippen molar-refractivity contribution in [2.24, 2.45) is 0 Å². The summed E-state index contributed by atoms with van der Waals surface area (Å²) in [6.45, 7) is 4.24. The molecule has 0 fully saturated rings. The minimum Gasteiger partial charge on any atom is -0.491 e. The van der Waals surface area contributed by atoms with Gasteiger partial charge in [-0.05, 0) is 53.8 Å². The van der Waals surface area contributed by atoms with E-state index in [9.17, 15) is 9.90 Å². The van der Waals surface area contributed by atoms with Crippen molar-refractivity contribution < 1.29 is 19.4 Å². The quantitative estimate of drug-likeness (QED) is 0.565. The Morgan fingerprint density at radius 2 is 1.52 bits per heavy atom. The van der Waals surface area contributed by atoms with Crippen LogP contribution in [0.3, 0.4) is 0 Å². The molecule has 0 heterocycles. The van der Waals surface area contributed by atoms with Crippen LogP contribution >= 0.6 is 0 Å². The second-order valence-electron chi connectivity index (χ2n) is 7.96. The first-order chi connectivity index (χ1) is 15.0. The van der Waals surface area contributed by atoms with E-state index < -0.39 is 12.2 Å². The number of hydrogen-bond donors (Lipinski definition) is 2. The minimum absolute atomic E-state index is 0.0107. The summed E-state index contributed by atoms with van der Waals surface area (Å²) in [5.74, 6) is 0.757. The van der Waals surface area contributed by atoms with Crippen LogP contribution in [0.15, 0.2) is 72.8 Å². The second-order valence-corrected chi connectivity index (χ2v) is 7.96. The maximum atomic E-state index is 12.3. The number of amides is 1. The Hall–Kier alpha value is -3.31. The van der Waals surface area contributed by atoms with Crippen LogP contribution in [0.25, 0.3) is 11.1 Å². The third-order valence-corrected chi connectivity index (χ3v) is 5.42. The molecule has 1 atom stereocenters. The number of aliphatic hydroxyl groups excluding tert-OH is 1. The second kappa shape index (κ2) is 9.23. The molecule has 0 saturated carbocycles. The summed E-state index contributed by atoms with van der Waals surface area (Å²) in [6, 6.07) is 23.6. The van der Waals surface area contributed by atoms with Gasteiger partial charge in [-0.1, -0.05) is 60.7 Å². The monoisotopic (exact) mass is 417 g/mol. The lowest BCUT2D eigenvalue weighted by Gasteiger charge is -2.16. The molecular weight excluding hydrogens is 390 g/mol. The van der Waals surface area contributed by atoms with Crippen LogP contribution in [-0.4, -0.2) is 30.5 Å². The molecule has 3 aromatic carbocycles. The van der Waals surface area contributed by atoms with E-state index in [2.05, 4.69) is 29.6 Å². The van der Waals surface area contributed by atoms with E-state index in [4.69, 9.17) is 9.47 Å². The average Bonchev–Trinajstić information content (AvgIpc) is 3.10. The highest BCUT2D eigenvalue weighted by Crippen LogP contribution is 2.44. The van der Waals surface area contributed by atoms with E-state index in [-0.39, 0.29) is 25.2 Å². The van der Waals surface area contributed by atoms with Gasteiger partial charge in [0.05, 0.1) is 18.8 Å². The number of ether oxygens (including phenoxy) is 2. The van der Waals surface area contributed by atoms with E-state index in [1.165, 1.54) is 22.3 Å². The van der Waals surface area contributed by atoms with Crippen LogP contribution in [0.4, 0.5) is 4.79 Å². The van der Waals surface area contributed by atoms with Crippen molar-refractivity contribution in [3.8, 4) is 16.9 Å². The van der Waals surface area contributed by atoms with Gasteiger partial charge in [-0.3, -0.25) is 0 Å². The Morgan fingerprint density at radius 1 is 0.935 bits per heavy atom. The van der Waals surface area contributed by atoms with Crippen LogP contribution in [-0.2, 0) is 4.74 Å². The minimum atomic E-state index is -0.825. The summed E-state index contributed by atoms with van der Waals surface area (Å²) in [6.07, 6.45) is -1.28. The van der Waals surface area contributed by atoms with Crippen molar-refractivity contribution in [2.45, 2.75) is 32.0 Å². The number of nitrogens with one attached hydrogen (secondary N) is 1. The maximum Gasteiger partial charge on any atom is 0.407 e. The van der Waals surface area contributed by atoms with E-state index in [1.807, 2.05) is 50.2 Å². The van der Waals surface area contributed by atoms with Gasteiger partial charge in [0.2, 0.25) is 0 Å². The highest BCUT2D eigenvalue weighted by atomic mass is 16.5. The molecule has 1 aliphatic rings. The lowest BCUT2D eigenvalue weighted by Crippen LogP contribution is -2.30. The number of aliphatic hydroxyl groups is 1. The summed E-state index contributed by atoms with van der Waals surface area (Å²) < 4.78 is 11.1. The van der Waals surface area contributed by atoms with Gasteiger partial charge >= 0.3 is 6.09 Å². The van der Waals surface area contributed by atoms with Gasteiger partial charge in [-0.25, -0.2) is 4.79 Å². The zero-order valence-electron chi connectivity index (χ0n) is 17.7. The fourth-order valence-corrected chi connectivity index (χ4v) is 3.99. The summed E-state index contributed by atoms with van der Waals surface area (Å²) in [4.78, 5) is 12.3. The SMILES string of the molecule is CC(C)Oc1ccc(C(O)CNC(=O)OCC2c3ccccc3-c3ccccc32)cc1. The van der Waals surface area contributed by atoms with Gasteiger partial charge < -0.3 is 19.9 Å². The lowest BCUT2D eigenvalue weighted by molar-refractivity contribution is 0.128. The molecule has 0 spiro atoms. The van der Waals surface area contributed by atoms with Gasteiger partial charge in [0.15, 0.2) is 0 Å². The molecule has 0 radical (unpaired) electrons. The molecule has 0 aliphatic heterocycles. The zero-order chi connectivity index (χ0) is 21.8. The van der Waals surface area contributed by atoms with Crippen molar-refractivity contribution in [3.63, 3.8) is 0 Å². The highest BCUT2D eigenvalue weighted by molar-refractivity contribution is 5.79. The number of benzene rings is 3. The smallest absolute Gasteiger partial charge is 0.407 e. The molecule has 1 unspecified atom stereocenters. The van der Waals surface area contributed by atoms with Crippen molar-refractivity contribution in [3.05, 3.63) is 89.5 Å². The zero-order valence-corrected chi connectivity index (χ0v) is 17.7. The third-order valence-electron chi connectivity index (χ3n) is 5.42. The van der Waals surface area contributed by atoms with Crippen molar-refractivity contribution in [2.75, 3.05) is 13.2 Å². The Labute approximate surface area is 182 Å². The first kappa shape index (κ1) is 20.9. The number of hydrogen-bond acceptors (Lipinski definition) is 4. The predicted octanol–water partition coefficient (Wildman–Crippen LogP) is 5.05. The van der Waals surface area contributed by atoms with Crippen LogP contribution < -0.4 is 10.1 Å². The van der Waals surface area contributed by atoms with E-state index in [0.717, 1.165) is 5.75 Å². The first-order valence-corrected chi connectivity index (χ1v) is 10.6. The largest absolute Gasteiger partial charge is 0.491 e. The lowest BCUT2D eigenvalue weighted by atomic mass is 9.98. The highest BCUT2D eigenvalue weighted by Gasteiger charge is 2.29. The Kier molecular flexibility index (Phi) is 6.23. The van der Waals surface area contributed by atoms with Gasteiger partial charge in [-0.15, -0.1) is 0 Å². The number of rotatable bonds is 7. The molecule has 5 nitrogen and oxygen atoms in total. The predicted molar refractivity (Wildman–Crippen MR) is 120 cm³/mol. The fraction of sp³-hybridized carbons (Fsp3) is 0.269. The summed E-state index contributed by atoms with van der Waals surface area (Å²) >= 11 is 0. The molecule has 0 aromatic heterocycles. The molecule has 31 heavy (non-hydrogen) atoms. The van der Waals surface area contributed by atoms with Crippen LogP contribution in [0.2, 0.25) is 0 Å². The number of alkyl carbamates (subject to hydrolysis) is 1. The van der Waals surface area contributed by atoms with E-state index in [0.29, 0.717) is 5.56 Å². The number of fused-ring (bicyclic) bond motifs is 3. The summed E-state index contributed by atoms with van der Waals surface area (Å²) in [5, 5.41) is 13.0. The van der Waals surface area contributed by atoms with Gasteiger partial charge in [0.1, 0.15) is 12.4 Å². The standard InChI is InChI=1S/C26H27NO4/c1-17(2)31-19-13-11-18(12-14-19)25(28)15-27-26(29)30-16-24-22-9-5-3-7-20(22)21-8-4-6-10-23(21)24/h3-14,17,24-25,28H,15-16H2,1-2H3,(H,27,29). The van der Waals surface area contributed by atoms with Gasteiger partial charge in [-0.2, -0.15) is 0 Å². The number of carbonyl (C=O) groups is 1. The summed E-state index contributed by atoms with van der Waals surface area (Å²) in [5.41, 5.74) is 5.41. The van der Waals surface area contributed by atoms with Crippen LogP contribution in [0, 0.1) is 0 Å². The van der Waals surface area contributed by atoms with Gasteiger partial charge in [0.25, 0.3) is 0 Å². The molecule has 0 saturated heterocycles. The van der Waals surface area contributed by atoms with Crippen molar-refractivity contribution >= 4 is 6.09 Å². The van der Waals surface area contributed by atoms with Crippen molar-refractivity contribution in [1.82, 2.24) is 5.32 Å².